The quantitative estimate of drug-likeness (QED) is 0.346. The highest BCUT2D eigenvalue weighted by Crippen LogP contribution is 2.55. The smallest absolute Gasteiger partial charge is 0.303 e. The predicted molar refractivity (Wildman–Crippen MR) is 141 cm³/mol. The van der Waals surface area contributed by atoms with Crippen molar-refractivity contribution in [2.24, 2.45) is 5.92 Å². The maximum atomic E-state index is 11.7. The summed E-state index contributed by atoms with van der Waals surface area (Å²) in [6.07, 6.45) is 4.00. The number of hydrogen-bond acceptors (Lipinski definition) is 6. The van der Waals surface area contributed by atoms with E-state index in [-0.39, 0.29) is 18.3 Å². The molecule has 1 aromatic heterocycles. The van der Waals surface area contributed by atoms with E-state index in [1.807, 2.05) is 62.5 Å². The largest absolute Gasteiger partial charge is 0.481 e. The molecule has 0 bridgehead atoms. The van der Waals surface area contributed by atoms with Gasteiger partial charge < -0.3 is 5.11 Å². The lowest BCUT2D eigenvalue weighted by molar-refractivity contribution is -0.137. The summed E-state index contributed by atoms with van der Waals surface area (Å²) in [5.74, 6) is -0.760. The van der Waals surface area contributed by atoms with E-state index in [0.29, 0.717) is 30.8 Å². The lowest BCUT2D eigenvalue weighted by atomic mass is 9.88. The molecular weight excluding hydrogens is 476 g/mol. The Bertz CT molecular complexity index is 1210. The fraction of sp³-hybridized carbons (Fsp3) is 0.444. The number of aryl methyl sites for hydroxylation is 3. The molecule has 1 aliphatic heterocycles. The molecule has 4 rings (SSSR count). The summed E-state index contributed by atoms with van der Waals surface area (Å²) in [5.41, 5.74) is 4.80. The number of nitrogens with zero attached hydrogens (tertiary/aromatic N) is 4. The Morgan fingerprint density at radius 3 is 2.72 bits per heavy atom. The molecule has 0 saturated heterocycles. The third kappa shape index (κ3) is 5.98. The molecule has 8 nitrogen and oxygen atoms in total. The van der Waals surface area contributed by atoms with Gasteiger partial charge in [-0.25, -0.2) is 0 Å². The summed E-state index contributed by atoms with van der Waals surface area (Å²) in [6.45, 7) is 7.82. The summed E-state index contributed by atoms with van der Waals surface area (Å²) in [5, 5.41) is 17.9. The van der Waals surface area contributed by atoms with Crippen molar-refractivity contribution in [3.8, 4) is 0 Å². The van der Waals surface area contributed by atoms with Gasteiger partial charge in [0.2, 0.25) is 0 Å². The van der Waals surface area contributed by atoms with Crippen LogP contribution in [0.1, 0.15) is 60.6 Å². The van der Waals surface area contributed by atoms with Crippen LogP contribution in [0.15, 0.2) is 53.6 Å². The van der Waals surface area contributed by atoms with Gasteiger partial charge in [-0.1, -0.05) is 48.5 Å². The summed E-state index contributed by atoms with van der Waals surface area (Å²) in [7, 11) is -3.14. The van der Waals surface area contributed by atoms with Crippen LogP contribution in [0.25, 0.3) is 0 Å². The zero-order valence-electron chi connectivity index (χ0n) is 21.2. The van der Waals surface area contributed by atoms with Crippen LogP contribution < -0.4 is 0 Å². The van der Waals surface area contributed by atoms with Gasteiger partial charge in [0.25, 0.3) is 0 Å². The topological polar surface area (TPSA) is 112 Å². The molecule has 2 heterocycles. The molecule has 0 spiro atoms. The van der Waals surface area contributed by atoms with Crippen molar-refractivity contribution in [3.63, 3.8) is 0 Å². The van der Waals surface area contributed by atoms with Gasteiger partial charge in [0.05, 0.1) is 17.0 Å². The number of aliphatic carboxylic acids is 1. The third-order valence-corrected chi connectivity index (χ3v) is 8.97. The van der Waals surface area contributed by atoms with Gasteiger partial charge in [0.1, 0.15) is 0 Å². The molecule has 0 radical (unpaired) electrons. The molecule has 36 heavy (non-hydrogen) atoms. The van der Waals surface area contributed by atoms with Crippen molar-refractivity contribution in [1.29, 1.82) is 0 Å². The average Bonchev–Trinajstić information content (AvgIpc) is 3.27. The van der Waals surface area contributed by atoms with E-state index < -0.39 is 16.7 Å². The maximum Gasteiger partial charge on any atom is 0.303 e. The van der Waals surface area contributed by atoms with Crippen molar-refractivity contribution in [1.82, 2.24) is 19.3 Å². The maximum absolute atomic E-state index is 11.7. The Balaban J connectivity index is 1.59. The number of fused-ring (bicyclic) bond motifs is 1. The Kier molecular flexibility index (Phi) is 8.14. The highest BCUT2D eigenvalue weighted by atomic mass is 32.3. The molecular formula is C27H36N4O4S. The molecule has 3 N–H and O–H groups in total. The number of hydrogen-bond donors (Lipinski definition) is 3. The van der Waals surface area contributed by atoms with E-state index in [4.69, 9.17) is 0 Å². The van der Waals surface area contributed by atoms with Crippen LogP contribution in [-0.2, 0) is 30.7 Å². The number of carbonyl (C=O) groups is 1. The number of rotatable bonds is 9. The Labute approximate surface area is 214 Å². The molecule has 2 unspecified atom stereocenters. The second kappa shape index (κ2) is 11.1. The van der Waals surface area contributed by atoms with Crippen LogP contribution in [0.4, 0.5) is 0 Å². The first-order valence-electron chi connectivity index (χ1n) is 12.5. The van der Waals surface area contributed by atoms with Gasteiger partial charge >= 0.3 is 5.97 Å². The van der Waals surface area contributed by atoms with Crippen molar-refractivity contribution < 1.29 is 19.0 Å². The van der Waals surface area contributed by atoms with Crippen molar-refractivity contribution >= 4 is 16.7 Å². The first-order valence-corrected chi connectivity index (χ1v) is 14.0. The normalized spacial score (nSPS) is 19.3. The highest BCUT2D eigenvalue weighted by molar-refractivity contribution is 8.22. The van der Waals surface area contributed by atoms with Crippen molar-refractivity contribution in [2.75, 3.05) is 6.54 Å². The number of carboxylic acid groups (broad SMARTS) is 1. The van der Waals surface area contributed by atoms with E-state index in [2.05, 4.69) is 17.2 Å². The van der Waals surface area contributed by atoms with Crippen molar-refractivity contribution in [2.45, 2.75) is 70.4 Å². The van der Waals surface area contributed by atoms with Crippen LogP contribution >= 0.6 is 10.8 Å². The molecule has 0 saturated carbocycles. The van der Waals surface area contributed by atoms with Gasteiger partial charge in [-0.3, -0.25) is 18.6 Å². The van der Waals surface area contributed by atoms with E-state index >= 15 is 0 Å². The van der Waals surface area contributed by atoms with E-state index in [0.717, 1.165) is 40.9 Å². The fourth-order valence-electron chi connectivity index (χ4n) is 4.96. The van der Waals surface area contributed by atoms with Gasteiger partial charge in [-0.15, -0.1) is 15.9 Å². The van der Waals surface area contributed by atoms with Crippen LogP contribution in [-0.4, -0.2) is 46.0 Å². The second-order valence-corrected chi connectivity index (χ2v) is 11.8. The summed E-state index contributed by atoms with van der Waals surface area (Å²) < 4.78 is 26.2. The lowest BCUT2D eigenvalue weighted by Gasteiger charge is -2.43. The summed E-state index contributed by atoms with van der Waals surface area (Å²) in [6, 6.07) is 13.6. The van der Waals surface area contributed by atoms with Crippen LogP contribution in [0, 0.1) is 12.8 Å². The monoisotopic (exact) mass is 512 g/mol. The summed E-state index contributed by atoms with van der Waals surface area (Å²) in [4.78, 5) is 12.3. The second-order valence-electron chi connectivity index (χ2n) is 9.84. The van der Waals surface area contributed by atoms with Crippen LogP contribution in [0.2, 0.25) is 0 Å². The highest BCUT2D eigenvalue weighted by Gasteiger charge is 2.33. The van der Waals surface area contributed by atoms with Crippen molar-refractivity contribution in [3.05, 3.63) is 76.6 Å². The minimum Gasteiger partial charge on any atom is -0.481 e. The first-order chi connectivity index (χ1) is 17.2. The molecule has 0 fully saturated rings. The van der Waals surface area contributed by atoms with E-state index in [1.165, 1.54) is 0 Å². The lowest BCUT2D eigenvalue weighted by Crippen LogP contribution is -2.30. The standard InChI is InChI=1S/C27H36N4O4S/c1-4-30-18-25(28-29-30)12-11-22(15-27(32)33)21-10-9-20(3)24(14-21)17-31-16-19(2)13-23-7-5-6-8-26(23)36(31,34)35/h5-10,14,18-19,22,34-35H,4,11-13,15-17H2,1-3H3,(H,32,33). The zero-order chi connectivity index (χ0) is 25.9. The Hall–Kier alpha value is -2.72. The number of aromatic nitrogens is 3. The molecule has 0 amide bonds. The van der Waals surface area contributed by atoms with Gasteiger partial charge in [-0.05, 0) is 73.3 Å². The third-order valence-electron chi connectivity index (χ3n) is 6.98. The van der Waals surface area contributed by atoms with Gasteiger partial charge in [0, 0.05) is 25.8 Å². The first kappa shape index (κ1) is 26.3. The molecule has 2 atom stereocenters. The van der Waals surface area contributed by atoms with Gasteiger partial charge in [-0.2, -0.15) is 4.31 Å². The van der Waals surface area contributed by atoms with Gasteiger partial charge in [0.15, 0.2) is 0 Å². The summed E-state index contributed by atoms with van der Waals surface area (Å²) >= 11 is 0. The SMILES string of the molecule is CCn1cc(CCC(CC(=O)O)c2ccc(C)c(CN3CC(C)Cc4ccccc4S3(O)O)c2)nn1. The molecule has 1 aliphatic rings. The van der Waals surface area contributed by atoms with Crippen LogP contribution in [0.3, 0.4) is 0 Å². The number of carboxylic acids is 1. The molecule has 194 valence electrons. The molecule has 0 aliphatic carbocycles. The zero-order valence-corrected chi connectivity index (χ0v) is 22.0. The molecule has 9 heteroatoms. The van der Waals surface area contributed by atoms with E-state index in [9.17, 15) is 19.0 Å². The Morgan fingerprint density at radius 1 is 1.22 bits per heavy atom. The average molecular weight is 513 g/mol. The number of benzene rings is 2. The minimum atomic E-state index is -3.14. The Morgan fingerprint density at radius 2 is 2.00 bits per heavy atom. The van der Waals surface area contributed by atoms with E-state index in [1.54, 1.807) is 8.99 Å². The molecule has 2 aromatic carbocycles. The molecule has 3 aromatic rings. The minimum absolute atomic E-state index is 0.0216. The predicted octanol–water partition coefficient (Wildman–Crippen LogP) is 5.52. The fourth-order valence-corrected chi connectivity index (χ4v) is 6.78. The van der Waals surface area contributed by atoms with Crippen LogP contribution in [0.5, 0.6) is 0 Å².